The Bertz CT molecular complexity index is 2710. The van der Waals surface area contributed by atoms with Crippen molar-refractivity contribution in [2.75, 3.05) is 36.8 Å². The summed E-state index contributed by atoms with van der Waals surface area (Å²) in [6.07, 6.45) is 2.55. The standard InChI is InChI=1S/C50H54F6N10O2/c1-31-9-15-41(65-22-19-34(4)62-65)39(23-31)48(68)64-21-6-8-36(44(64)29-60-46-18-14-38(27-58-46)50(54,55)56)12-11-35-25-61-66(30-35)42-16-10-32(2)24-40(42)47(67)63-20-5-7-33(3)43(63)28-59-45-17-13-37(26-57-45)49(51,52)53/h9-10,13-19,22-27,30,33,36,43-44H,5-8,11-12,20-21,28-29H2,1-4H3,(H,57,59)(H,58,60). The highest BCUT2D eigenvalue weighted by molar-refractivity contribution is 5.99. The molecule has 0 radical (unpaired) electrons. The summed E-state index contributed by atoms with van der Waals surface area (Å²) < 4.78 is 83.0. The first-order valence-electron chi connectivity index (χ1n) is 22.9. The number of halogens is 6. The van der Waals surface area contributed by atoms with E-state index in [-0.39, 0.29) is 53.9 Å². The Labute approximate surface area is 390 Å². The lowest BCUT2D eigenvalue weighted by Gasteiger charge is -2.42. The van der Waals surface area contributed by atoms with Gasteiger partial charge in [-0.2, -0.15) is 36.5 Å². The van der Waals surface area contributed by atoms with Crippen molar-refractivity contribution in [3.8, 4) is 11.4 Å². The third-order valence-corrected chi connectivity index (χ3v) is 13.1. The molecule has 4 atom stereocenters. The normalized spacial score (nSPS) is 19.0. The number of carbonyl (C=O) groups is 2. The molecule has 358 valence electrons. The van der Waals surface area contributed by atoms with Gasteiger partial charge in [0.25, 0.3) is 11.8 Å². The van der Waals surface area contributed by atoms with E-state index in [1.54, 1.807) is 15.6 Å². The summed E-state index contributed by atoms with van der Waals surface area (Å²) in [6, 6.07) is 17.1. The number of hydrogen-bond donors (Lipinski definition) is 2. The van der Waals surface area contributed by atoms with Crippen LogP contribution < -0.4 is 10.6 Å². The van der Waals surface area contributed by atoms with Crippen LogP contribution >= 0.6 is 0 Å². The average molecular weight is 941 g/mol. The number of aryl methyl sites for hydroxylation is 4. The van der Waals surface area contributed by atoms with Crippen molar-refractivity contribution in [2.24, 2.45) is 11.8 Å². The van der Waals surface area contributed by atoms with Crippen LogP contribution in [0.1, 0.15) is 93.3 Å². The topological polar surface area (TPSA) is 126 Å². The molecule has 6 heterocycles. The van der Waals surface area contributed by atoms with Crippen LogP contribution in [-0.4, -0.2) is 89.4 Å². The molecule has 12 nitrogen and oxygen atoms in total. The number of anilines is 2. The summed E-state index contributed by atoms with van der Waals surface area (Å²) in [4.78, 5) is 41.1. The van der Waals surface area contributed by atoms with Gasteiger partial charge in [-0.1, -0.05) is 30.2 Å². The molecule has 8 rings (SSSR count). The van der Waals surface area contributed by atoms with Gasteiger partial charge in [0, 0.05) is 51.0 Å². The fourth-order valence-electron chi connectivity index (χ4n) is 9.44. The lowest BCUT2D eigenvalue weighted by Crippen LogP contribution is -2.52. The first-order chi connectivity index (χ1) is 32.4. The summed E-state index contributed by atoms with van der Waals surface area (Å²) in [6.45, 7) is 9.32. The summed E-state index contributed by atoms with van der Waals surface area (Å²) in [7, 11) is 0. The van der Waals surface area contributed by atoms with Gasteiger partial charge in [0.1, 0.15) is 11.6 Å². The van der Waals surface area contributed by atoms with Crippen molar-refractivity contribution >= 4 is 23.5 Å². The van der Waals surface area contributed by atoms with Gasteiger partial charge in [0.2, 0.25) is 0 Å². The lowest BCUT2D eigenvalue weighted by atomic mass is 9.84. The maximum Gasteiger partial charge on any atom is 0.417 e. The van der Waals surface area contributed by atoms with Crippen molar-refractivity contribution in [3.05, 3.63) is 142 Å². The number of aromatic nitrogens is 6. The van der Waals surface area contributed by atoms with Gasteiger partial charge in [-0.05, 0) is 131 Å². The van der Waals surface area contributed by atoms with Gasteiger partial charge in [-0.3, -0.25) is 9.59 Å². The van der Waals surface area contributed by atoms with Crippen LogP contribution in [0.5, 0.6) is 0 Å². The molecule has 2 fully saturated rings. The molecule has 0 spiro atoms. The molecule has 4 aromatic heterocycles. The van der Waals surface area contributed by atoms with Crippen molar-refractivity contribution in [1.29, 1.82) is 0 Å². The average Bonchev–Trinajstić information content (AvgIpc) is 3.98. The number of benzene rings is 2. The number of rotatable bonds is 13. The Balaban J connectivity index is 1.01. The predicted molar refractivity (Wildman–Crippen MR) is 246 cm³/mol. The highest BCUT2D eigenvalue weighted by Crippen LogP contribution is 2.34. The number of pyridine rings is 2. The number of alkyl halides is 6. The predicted octanol–water partition coefficient (Wildman–Crippen LogP) is 10.1. The van der Waals surface area contributed by atoms with Gasteiger partial charge in [-0.25, -0.2) is 19.3 Å². The number of nitrogens with one attached hydrogen (secondary N) is 2. The monoisotopic (exact) mass is 940 g/mol. The number of piperidine rings is 2. The Morgan fingerprint density at radius 2 is 1.22 bits per heavy atom. The van der Waals surface area contributed by atoms with E-state index < -0.39 is 23.5 Å². The number of amides is 2. The summed E-state index contributed by atoms with van der Waals surface area (Å²) in [5, 5.41) is 15.7. The van der Waals surface area contributed by atoms with Gasteiger partial charge >= 0.3 is 12.4 Å². The summed E-state index contributed by atoms with van der Waals surface area (Å²) in [5.74, 6) is 0.296. The second-order valence-corrected chi connectivity index (χ2v) is 18.0. The number of carbonyl (C=O) groups excluding carboxylic acids is 2. The molecule has 4 unspecified atom stereocenters. The highest BCUT2D eigenvalue weighted by atomic mass is 19.4. The van der Waals surface area contributed by atoms with Crippen molar-refractivity contribution < 1.29 is 35.9 Å². The van der Waals surface area contributed by atoms with E-state index in [0.29, 0.717) is 55.0 Å². The molecule has 18 heteroatoms. The fourth-order valence-corrected chi connectivity index (χ4v) is 9.44. The third-order valence-electron chi connectivity index (χ3n) is 13.1. The molecule has 2 aliphatic heterocycles. The van der Waals surface area contributed by atoms with E-state index in [2.05, 4.69) is 32.6 Å². The Morgan fingerprint density at radius 3 is 1.75 bits per heavy atom. The van der Waals surface area contributed by atoms with Crippen LogP contribution in [0.2, 0.25) is 0 Å². The van der Waals surface area contributed by atoms with Crippen LogP contribution in [0.4, 0.5) is 38.0 Å². The molecule has 0 bridgehead atoms. The molecule has 6 aromatic rings. The van der Waals surface area contributed by atoms with Crippen LogP contribution in [-0.2, 0) is 18.8 Å². The Kier molecular flexibility index (Phi) is 13.9. The highest BCUT2D eigenvalue weighted by Gasteiger charge is 2.37. The molecule has 68 heavy (non-hydrogen) atoms. The SMILES string of the molecule is Cc1ccc(-n2cc(CCC3CCCN(C(=O)c4cc(C)ccc4-n4ccc(C)n4)C3CNc3ccc(C(F)(F)F)cn3)cn2)c(C(=O)N2CCCC(C)C2CNc2ccc(C(F)(F)F)cn2)c1. The van der Waals surface area contributed by atoms with Crippen LogP contribution in [0.25, 0.3) is 11.4 Å². The van der Waals surface area contributed by atoms with Crippen molar-refractivity contribution in [2.45, 2.75) is 90.7 Å². The van der Waals surface area contributed by atoms with Gasteiger partial charge in [0.15, 0.2) is 0 Å². The lowest BCUT2D eigenvalue weighted by molar-refractivity contribution is -0.138. The fraction of sp³-hybridized carbons (Fsp3) is 0.400. The van der Waals surface area contributed by atoms with Gasteiger partial charge < -0.3 is 20.4 Å². The molecule has 0 aliphatic carbocycles. The maximum atomic E-state index is 14.7. The quantitative estimate of drug-likeness (QED) is 0.110. The molecule has 2 amide bonds. The molecular formula is C50H54F6N10O2. The largest absolute Gasteiger partial charge is 0.417 e. The minimum atomic E-state index is -4.53. The molecule has 2 saturated heterocycles. The van der Waals surface area contributed by atoms with E-state index in [0.717, 1.165) is 72.6 Å². The van der Waals surface area contributed by atoms with Gasteiger partial charge in [0.05, 0.1) is 57.6 Å². The summed E-state index contributed by atoms with van der Waals surface area (Å²) in [5.41, 5.74) is 4.03. The van der Waals surface area contributed by atoms with Crippen LogP contribution in [0.3, 0.4) is 0 Å². The Hall–Kier alpha value is -6.72. The first kappa shape index (κ1) is 47.8. The molecule has 0 saturated carbocycles. The number of likely N-dealkylation sites (tertiary alicyclic amines) is 2. The van der Waals surface area contributed by atoms with E-state index in [1.807, 2.05) is 85.4 Å². The van der Waals surface area contributed by atoms with Gasteiger partial charge in [-0.15, -0.1) is 0 Å². The number of hydrogen-bond acceptors (Lipinski definition) is 8. The molecule has 2 aliphatic rings. The van der Waals surface area contributed by atoms with Crippen molar-refractivity contribution in [3.63, 3.8) is 0 Å². The minimum absolute atomic E-state index is 0.0147. The molecule has 2 N–H and O–H groups in total. The Morgan fingerprint density at radius 1 is 0.676 bits per heavy atom. The smallest absolute Gasteiger partial charge is 0.368 e. The van der Waals surface area contributed by atoms with E-state index in [4.69, 9.17) is 5.10 Å². The van der Waals surface area contributed by atoms with E-state index in [9.17, 15) is 35.9 Å². The van der Waals surface area contributed by atoms with E-state index in [1.165, 1.54) is 12.1 Å². The van der Waals surface area contributed by atoms with Crippen LogP contribution in [0.15, 0.2) is 97.7 Å². The first-order valence-corrected chi connectivity index (χ1v) is 22.9. The van der Waals surface area contributed by atoms with Crippen molar-refractivity contribution in [1.82, 2.24) is 39.3 Å². The second-order valence-electron chi connectivity index (χ2n) is 18.0. The number of nitrogens with zero attached hydrogens (tertiary/aromatic N) is 8. The second kappa shape index (κ2) is 19.9. The third kappa shape index (κ3) is 10.8. The minimum Gasteiger partial charge on any atom is -0.368 e. The zero-order chi connectivity index (χ0) is 48.3. The zero-order valence-corrected chi connectivity index (χ0v) is 38.3. The van der Waals surface area contributed by atoms with E-state index >= 15 is 0 Å². The summed E-state index contributed by atoms with van der Waals surface area (Å²) >= 11 is 0. The zero-order valence-electron chi connectivity index (χ0n) is 38.3. The molecular weight excluding hydrogens is 887 g/mol. The maximum absolute atomic E-state index is 14.7. The van der Waals surface area contributed by atoms with Crippen LogP contribution in [0, 0.1) is 32.6 Å². The molecule has 2 aromatic carbocycles.